The van der Waals surface area contributed by atoms with Crippen molar-refractivity contribution in [1.29, 1.82) is 0 Å². The highest BCUT2D eigenvalue weighted by Crippen LogP contribution is 2.25. The summed E-state index contributed by atoms with van der Waals surface area (Å²) in [6.07, 6.45) is 0.815. The molecule has 1 saturated carbocycles. The molecule has 0 bridgehead atoms. The van der Waals surface area contributed by atoms with E-state index >= 15 is 0 Å². The van der Waals surface area contributed by atoms with E-state index in [9.17, 15) is 18.6 Å². The molecule has 0 spiro atoms. The van der Waals surface area contributed by atoms with Gasteiger partial charge in [-0.2, -0.15) is 8.42 Å². The van der Waals surface area contributed by atoms with Crippen molar-refractivity contribution in [2.75, 3.05) is 6.61 Å². The molecule has 1 aromatic rings. The fraction of sp³-hybridized carbons (Fsp3) is 0.600. The summed E-state index contributed by atoms with van der Waals surface area (Å²) in [5.41, 5.74) is 0.987. The Morgan fingerprint density at radius 3 is 2.10 bits per heavy atom. The van der Waals surface area contributed by atoms with E-state index in [1.807, 2.05) is 6.92 Å². The summed E-state index contributed by atoms with van der Waals surface area (Å²) in [5, 5.41) is 19.2. The molecule has 1 aliphatic carbocycles. The highest BCUT2D eigenvalue weighted by atomic mass is 32.2. The Balaban J connectivity index is 1.94. The number of hydrogen-bond acceptors (Lipinski definition) is 5. The fourth-order valence-electron chi connectivity index (χ4n) is 2.47. The maximum absolute atomic E-state index is 12.1. The lowest BCUT2D eigenvalue weighted by Gasteiger charge is -2.14. The summed E-state index contributed by atoms with van der Waals surface area (Å²) < 4.78 is 29.3. The van der Waals surface area contributed by atoms with Crippen molar-refractivity contribution in [2.45, 2.75) is 49.7 Å². The second-order valence-electron chi connectivity index (χ2n) is 5.71. The van der Waals surface area contributed by atoms with Gasteiger partial charge in [0.1, 0.15) is 0 Å². The van der Waals surface area contributed by atoms with Gasteiger partial charge in [-0.3, -0.25) is 4.18 Å². The molecule has 0 aromatic heterocycles. The van der Waals surface area contributed by atoms with Crippen molar-refractivity contribution in [3.05, 3.63) is 29.8 Å². The molecule has 1 fully saturated rings. The minimum atomic E-state index is -3.74. The SMILES string of the molecule is Cc1ccc(S(=O)(=O)OCC2CCC(O)C(O)CC2)cc1. The lowest BCUT2D eigenvalue weighted by Crippen LogP contribution is -2.23. The summed E-state index contributed by atoms with van der Waals surface area (Å²) in [6, 6.07) is 6.53. The third kappa shape index (κ3) is 4.51. The molecule has 0 amide bonds. The second kappa shape index (κ2) is 6.87. The van der Waals surface area contributed by atoms with Crippen LogP contribution in [0.1, 0.15) is 31.2 Å². The quantitative estimate of drug-likeness (QED) is 0.651. The molecule has 2 rings (SSSR count). The van der Waals surface area contributed by atoms with Crippen LogP contribution in [0.5, 0.6) is 0 Å². The number of aliphatic hydroxyl groups is 2. The predicted octanol–water partition coefficient (Wildman–Crippen LogP) is 1.61. The summed E-state index contributed by atoms with van der Waals surface area (Å²) >= 11 is 0. The van der Waals surface area contributed by atoms with Crippen molar-refractivity contribution < 1.29 is 22.8 Å². The van der Waals surface area contributed by atoms with E-state index in [1.54, 1.807) is 12.1 Å². The van der Waals surface area contributed by atoms with Gasteiger partial charge in [0.25, 0.3) is 10.1 Å². The van der Waals surface area contributed by atoms with E-state index in [0.29, 0.717) is 25.7 Å². The van der Waals surface area contributed by atoms with Crippen molar-refractivity contribution in [1.82, 2.24) is 0 Å². The third-order valence-electron chi connectivity index (χ3n) is 3.95. The molecule has 0 heterocycles. The Morgan fingerprint density at radius 1 is 1.05 bits per heavy atom. The largest absolute Gasteiger partial charge is 0.390 e. The Bertz CT molecular complexity index is 540. The molecular formula is C15H22O5S. The topological polar surface area (TPSA) is 83.8 Å². The number of benzene rings is 1. The molecule has 21 heavy (non-hydrogen) atoms. The Kier molecular flexibility index (Phi) is 5.37. The van der Waals surface area contributed by atoms with Gasteiger partial charge in [0, 0.05) is 0 Å². The van der Waals surface area contributed by atoms with Crippen LogP contribution in [0.25, 0.3) is 0 Å². The summed E-state index contributed by atoms with van der Waals surface area (Å²) in [6.45, 7) is 1.98. The first-order valence-corrected chi connectivity index (χ1v) is 8.61. The predicted molar refractivity (Wildman–Crippen MR) is 78.3 cm³/mol. The van der Waals surface area contributed by atoms with E-state index in [-0.39, 0.29) is 17.4 Å². The van der Waals surface area contributed by atoms with Crippen LogP contribution in [0.3, 0.4) is 0 Å². The monoisotopic (exact) mass is 314 g/mol. The first-order chi connectivity index (χ1) is 9.88. The first kappa shape index (κ1) is 16.4. The molecule has 0 aliphatic heterocycles. The lowest BCUT2D eigenvalue weighted by atomic mass is 10.0. The van der Waals surface area contributed by atoms with Gasteiger partial charge in [-0.05, 0) is 50.7 Å². The molecule has 1 aliphatic rings. The summed E-state index contributed by atoms with van der Waals surface area (Å²) in [7, 11) is -3.74. The maximum atomic E-state index is 12.1. The van der Waals surface area contributed by atoms with Crippen molar-refractivity contribution in [3.8, 4) is 0 Å². The molecule has 2 N–H and O–H groups in total. The van der Waals surface area contributed by atoms with E-state index in [2.05, 4.69) is 0 Å². The second-order valence-corrected chi connectivity index (χ2v) is 7.32. The molecule has 0 saturated heterocycles. The number of hydrogen-bond donors (Lipinski definition) is 2. The zero-order chi connectivity index (χ0) is 15.5. The fourth-order valence-corrected chi connectivity index (χ4v) is 3.44. The molecular weight excluding hydrogens is 292 g/mol. The first-order valence-electron chi connectivity index (χ1n) is 7.21. The zero-order valence-corrected chi connectivity index (χ0v) is 12.9. The van der Waals surface area contributed by atoms with Crippen LogP contribution in [0.2, 0.25) is 0 Å². The average Bonchev–Trinajstić information content (AvgIpc) is 2.61. The smallest absolute Gasteiger partial charge is 0.296 e. The normalized spacial score (nSPS) is 27.3. The van der Waals surface area contributed by atoms with Gasteiger partial charge in [0.2, 0.25) is 0 Å². The van der Waals surface area contributed by atoms with Gasteiger partial charge in [-0.1, -0.05) is 17.7 Å². The Labute approximate surface area is 125 Å². The highest BCUT2D eigenvalue weighted by molar-refractivity contribution is 7.86. The molecule has 118 valence electrons. The summed E-state index contributed by atoms with van der Waals surface area (Å²) in [5.74, 6) is 0.0389. The minimum absolute atomic E-state index is 0.0389. The Morgan fingerprint density at radius 2 is 1.57 bits per heavy atom. The minimum Gasteiger partial charge on any atom is -0.390 e. The van der Waals surface area contributed by atoms with Gasteiger partial charge >= 0.3 is 0 Å². The summed E-state index contributed by atoms with van der Waals surface area (Å²) in [4.78, 5) is 0.154. The van der Waals surface area contributed by atoms with Crippen LogP contribution in [0.4, 0.5) is 0 Å². The van der Waals surface area contributed by atoms with Crippen LogP contribution < -0.4 is 0 Å². The van der Waals surface area contributed by atoms with Gasteiger partial charge in [-0.15, -0.1) is 0 Å². The maximum Gasteiger partial charge on any atom is 0.296 e. The van der Waals surface area contributed by atoms with Crippen molar-refractivity contribution in [2.24, 2.45) is 5.92 Å². The van der Waals surface area contributed by atoms with E-state index in [1.165, 1.54) is 12.1 Å². The van der Waals surface area contributed by atoms with Gasteiger partial charge in [0.05, 0.1) is 23.7 Å². The number of aryl methyl sites for hydroxylation is 1. The van der Waals surface area contributed by atoms with E-state index < -0.39 is 22.3 Å². The molecule has 0 radical (unpaired) electrons. The van der Waals surface area contributed by atoms with Crippen LogP contribution in [0.15, 0.2) is 29.2 Å². The highest BCUT2D eigenvalue weighted by Gasteiger charge is 2.26. The molecule has 6 heteroatoms. The Hall–Kier alpha value is -0.950. The van der Waals surface area contributed by atoms with E-state index in [0.717, 1.165) is 5.56 Å². The van der Waals surface area contributed by atoms with Crippen molar-refractivity contribution in [3.63, 3.8) is 0 Å². The molecule has 2 unspecified atom stereocenters. The lowest BCUT2D eigenvalue weighted by molar-refractivity contribution is 0.0157. The van der Waals surface area contributed by atoms with Gasteiger partial charge in [-0.25, -0.2) is 0 Å². The number of aliphatic hydroxyl groups excluding tert-OH is 2. The number of rotatable bonds is 4. The third-order valence-corrected chi connectivity index (χ3v) is 5.25. The molecule has 5 nitrogen and oxygen atoms in total. The van der Waals surface area contributed by atoms with Gasteiger partial charge < -0.3 is 10.2 Å². The van der Waals surface area contributed by atoms with Crippen LogP contribution >= 0.6 is 0 Å². The van der Waals surface area contributed by atoms with Gasteiger partial charge in [0.15, 0.2) is 0 Å². The molecule has 2 atom stereocenters. The van der Waals surface area contributed by atoms with E-state index in [4.69, 9.17) is 4.18 Å². The van der Waals surface area contributed by atoms with Crippen LogP contribution in [0, 0.1) is 12.8 Å². The average molecular weight is 314 g/mol. The van der Waals surface area contributed by atoms with Crippen LogP contribution in [-0.4, -0.2) is 37.4 Å². The van der Waals surface area contributed by atoms with Crippen LogP contribution in [-0.2, 0) is 14.3 Å². The van der Waals surface area contributed by atoms with Crippen molar-refractivity contribution >= 4 is 10.1 Å². The standard InChI is InChI=1S/C15H22O5S/c1-11-2-6-13(7-3-11)21(18,19)20-10-12-4-8-14(16)15(17)9-5-12/h2-3,6-7,12,14-17H,4-5,8-10H2,1H3. The zero-order valence-electron chi connectivity index (χ0n) is 12.1. The molecule has 1 aromatic carbocycles.